The fraction of sp³-hybridized carbons (Fsp3) is 0.917. The molecule has 3 aliphatic heterocycles. The lowest BCUT2D eigenvalue weighted by Crippen LogP contribution is -2.49. The average Bonchev–Trinajstić information content (AvgIpc) is 2.40. The molecule has 2 atom stereocenters. The van der Waals surface area contributed by atoms with E-state index in [4.69, 9.17) is 4.74 Å². The van der Waals surface area contributed by atoms with Gasteiger partial charge in [0, 0.05) is 19.5 Å². The van der Waals surface area contributed by atoms with E-state index >= 15 is 0 Å². The van der Waals surface area contributed by atoms with Gasteiger partial charge in [0.15, 0.2) is 0 Å². The fourth-order valence-electron chi connectivity index (χ4n) is 3.07. The van der Waals surface area contributed by atoms with Gasteiger partial charge in [-0.05, 0) is 33.6 Å². The molecule has 0 spiro atoms. The van der Waals surface area contributed by atoms with E-state index in [9.17, 15) is 4.79 Å². The third-order valence-corrected chi connectivity index (χ3v) is 3.98. The molecular formula is C12H22N2O2. The maximum absolute atomic E-state index is 11.8. The minimum Gasteiger partial charge on any atom is -0.367 e. The van der Waals surface area contributed by atoms with Crippen LogP contribution in [0.3, 0.4) is 0 Å². The first-order valence-electron chi connectivity index (χ1n) is 6.03. The maximum Gasteiger partial charge on any atom is 0.317 e. The number of carbonyl (C=O) groups excluding carboxylic acids is 1. The van der Waals surface area contributed by atoms with Crippen LogP contribution in [0.25, 0.3) is 0 Å². The number of carbonyl (C=O) groups is 1. The van der Waals surface area contributed by atoms with E-state index in [1.807, 2.05) is 4.90 Å². The summed E-state index contributed by atoms with van der Waals surface area (Å²) in [7, 11) is 1.68. The molecule has 1 N–H and O–H groups in total. The van der Waals surface area contributed by atoms with Gasteiger partial charge < -0.3 is 15.0 Å². The summed E-state index contributed by atoms with van der Waals surface area (Å²) < 4.78 is 6.19. The van der Waals surface area contributed by atoms with Gasteiger partial charge in [-0.15, -0.1) is 0 Å². The zero-order valence-electron chi connectivity index (χ0n) is 10.7. The lowest BCUT2D eigenvalue weighted by molar-refractivity contribution is -0.175. The minimum absolute atomic E-state index is 0.0134. The zero-order chi connectivity index (χ0) is 12.0. The third-order valence-electron chi connectivity index (χ3n) is 3.98. The Hall–Kier alpha value is -0.770. The topological polar surface area (TPSA) is 41.6 Å². The molecular weight excluding hydrogens is 204 g/mol. The first kappa shape index (κ1) is 11.7. The van der Waals surface area contributed by atoms with E-state index in [0.717, 1.165) is 19.4 Å². The van der Waals surface area contributed by atoms with Crippen LogP contribution in [0.2, 0.25) is 0 Å². The van der Waals surface area contributed by atoms with Crippen molar-refractivity contribution in [1.29, 1.82) is 0 Å². The summed E-state index contributed by atoms with van der Waals surface area (Å²) in [5.74, 6) is 0.445. The largest absolute Gasteiger partial charge is 0.367 e. The Labute approximate surface area is 97.3 Å². The van der Waals surface area contributed by atoms with Gasteiger partial charge in [-0.2, -0.15) is 0 Å². The monoisotopic (exact) mass is 226 g/mol. The summed E-state index contributed by atoms with van der Waals surface area (Å²) in [5.41, 5.74) is -0.293. The number of nitrogens with zero attached hydrogens (tertiary/aromatic N) is 1. The van der Waals surface area contributed by atoms with E-state index in [-0.39, 0.29) is 17.2 Å². The van der Waals surface area contributed by atoms with Crippen LogP contribution < -0.4 is 5.32 Å². The summed E-state index contributed by atoms with van der Waals surface area (Å²) in [5, 5.41) is 2.71. The van der Waals surface area contributed by atoms with E-state index in [0.29, 0.717) is 12.5 Å². The Morgan fingerprint density at radius 1 is 1.44 bits per heavy atom. The highest BCUT2D eigenvalue weighted by Gasteiger charge is 2.48. The zero-order valence-corrected chi connectivity index (χ0v) is 10.7. The molecule has 2 amide bonds. The molecule has 3 saturated heterocycles. The van der Waals surface area contributed by atoms with Gasteiger partial charge in [0.1, 0.15) is 0 Å². The average molecular weight is 226 g/mol. The number of hydrogen-bond acceptors (Lipinski definition) is 2. The smallest absolute Gasteiger partial charge is 0.317 e. The number of ether oxygens (including phenoxy) is 1. The van der Waals surface area contributed by atoms with E-state index in [1.165, 1.54) is 0 Å². The SMILES string of the molecule is CNC(=O)N1CC2CCC(C)(C1)OC2(C)C. The molecule has 4 heteroatoms. The van der Waals surface area contributed by atoms with Gasteiger partial charge >= 0.3 is 6.03 Å². The van der Waals surface area contributed by atoms with Gasteiger partial charge in [0.25, 0.3) is 0 Å². The van der Waals surface area contributed by atoms with Crippen LogP contribution in [0.4, 0.5) is 4.79 Å². The van der Waals surface area contributed by atoms with Crippen LogP contribution in [0.15, 0.2) is 0 Å². The molecule has 2 bridgehead atoms. The van der Waals surface area contributed by atoms with Crippen molar-refractivity contribution in [3.8, 4) is 0 Å². The molecule has 0 radical (unpaired) electrons. The van der Waals surface area contributed by atoms with Crippen molar-refractivity contribution < 1.29 is 9.53 Å². The molecule has 4 nitrogen and oxygen atoms in total. The molecule has 0 aromatic rings. The molecule has 3 aliphatic rings. The normalized spacial score (nSPS) is 37.0. The van der Waals surface area contributed by atoms with Crippen molar-refractivity contribution >= 4 is 6.03 Å². The van der Waals surface area contributed by atoms with Gasteiger partial charge in [-0.1, -0.05) is 0 Å². The molecule has 92 valence electrons. The maximum atomic E-state index is 11.8. The highest BCUT2D eigenvalue weighted by molar-refractivity contribution is 5.74. The van der Waals surface area contributed by atoms with Crippen molar-refractivity contribution in [2.75, 3.05) is 20.1 Å². The predicted octanol–water partition coefficient (Wildman–Crippen LogP) is 1.61. The van der Waals surface area contributed by atoms with Crippen LogP contribution in [0, 0.1) is 5.92 Å². The number of nitrogens with one attached hydrogen (secondary N) is 1. The van der Waals surface area contributed by atoms with Crippen molar-refractivity contribution in [3.63, 3.8) is 0 Å². The summed E-state index contributed by atoms with van der Waals surface area (Å²) in [4.78, 5) is 13.6. The molecule has 0 aromatic carbocycles. The number of hydrogen-bond donors (Lipinski definition) is 1. The third kappa shape index (κ3) is 1.90. The van der Waals surface area contributed by atoms with Crippen LogP contribution in [0.5, 0.6) is 0 Å². The Kier molecular flexibility index (Phi) is 2.65. The molecule has 16 heavy (non-hydrogen) atoms. The number of amides is 2. The molecule has 2 unspecified atom stereocenters. The number of fused-ring (bicyclic) bond motifs is 4. The Morgan fingerprint density at radius 2 is 2.12 bits per heavy atom. The quantitative estimate of drug-likeness (QED) is 0.681. The molecule has 0 aliphatic carbocycles. The second-order valence-electron chi connectivity index (χ2n) is 5.83. The summed E-state index contributed by atoms with van der Waals surface area (Å²) in [6.07, 6.45) is 2.20. The van der Waals surface area contributed by atoms with Crippen molar-refractivity contribution in [2.45, 2.75) is 44.8 Å². The standard InChI is InChI=1S/C12H22N2O2/c1-11(2)9-5-6-12(3,16-11)8-14(7-9)10(15)13-4/h9H,5-8H2,1-4H3,(H,13,15). The second kappa shape index (κ2) is 3.62. The second-order valence-corrected chi connectivity index (χ2v) is 5.83. The van der Waals surface area contributed by atoms with Crippen molar-refractivity contribution in [1.82, 2.24) is 10.2 Å². The van der Waals surface area contributed by atoms with Gasteiger partial charge in [0.05, 0.1) is 17.7 Å². The van der Waals surface area contributed by atoms with Gasteiger partial charge in [-0.25, -0.2) is 4.79 Å². The molecule has 0 aromatic heterocycles. The lowest BCUT2D eigenvalue weighted by atomic mass is 9.81. The summed E-state index contributed by atoms with van der Waals surface area (Å²) in [6, 6.07) is 0.0134. The fourth-order valence-corrected chi connectivity index (χ4v) is 3.07. The summed E-state index contributed by atoms with van der Waals surface area (Å²) >= 11 is 0. The minimum atomic E-state index is -0.178. The molecule has 3 fully saturated rings. The van der Waals surface area contributed by atoms with E-state index in [2.05, 4.69) is 26.1 Å². The van der Waals surface area contributed by atoms with E-state index in [1.54, 1.807) is 7.05 Å². The molecule has 0 saturated carbocycles. The number of urea groups is 1. The molecule has 3 heterocycles. The van der Waals surface area contributed by atoms with E-state index < -0.39 is 0 Å². The lowest BCUT2D eigenvalue weighted by Gasteiger charge is -2.44. The van der Waals surface area contributed by atoms with Crippen LogP contribution >= 0.6 is 0 Å². The highest BCUT2D eigenvalue weighted by Crippen LogP contribution is 2.43. The van der Waals surface area contributed by atoms with Crippen molar-refractivity contribution in [2.24, 2.45) is 5.92 Å². The van der Waals surface area contributed by atoms with Gasteiger partial charge in [-0.3, -0.25) is 0 Å². The Balaban J connectivity index is 2.24. The first-order valence-corrected chi connectivity index (χ1v) is 6.03. The number of rotatable bonds is 0. The van der Waals surface area contributed by atoms with Crippen LogP contribution in [-0.4, -0.2) is 42.3 Å². The van der Waals surface area contributed by atoms with Crippen molar-refractivity contribution in [3.05, 3.63) is 0 Å². The first-order chi connectivity index (χ1) is 7.36. The predicted molar refractivity (Wildman–Crippen MR) is 62.3 cm³/mol. The Bertz CT molecular complexity index is 303. The van der Waals surface area contributed by atoms with Crippen LogP contribution in [0.1, 0.15) is 33.6 Å². The van der Waals surface area contributed by atoms with Crippen LogP contribution in [-0.2, 0) is 4.74 Å². The summed E-state index contributed by atoms with van der Waals surface area (Å²) in [6.45, 7) is 7.91. The molecule has 3 rings (SSSR count). The Morgan fingerprint density at radius 3 is 2.69 bits per heavy atom. The highest BCUT2D eigenvalue weighted by atomic mass is 16.5. The van der Waals surface area contributed by atoms with Gasteiger partial charge in [0.2, 0.25) is 0 Å².